The third kappa shape index (κ3) is 1.25. The predicted molar refractivity (Wildman–Crippen MR) is 37.0 cm³/mol. The van der Waals surface area contributed by atoms with Gasteiger partial charge in [0.15, 0.2) is 0 Å². The first-order chi connectivity index (χ1) is 4.67. The first kappa shape index (κ1) is 7.45. The molecule has 0 saturated heterocycles. The molecule has 0 spiro atoms. The van der Waals surface area contributed by atoms with Crippen molar-refractivity contribution in [3.05, 3.63) is 24.3 Å². The minimum absolute atomic E-state index is 0.0909. The molecule has 1 aliphatic rings. The first-order valence-corrected chi connectivity index (χ1v) is 3.39. The van der Waals surface area contributed by atoms with E-state index in [1.54, 1.807) is 12.2 Å². The van der Waals surface area contributed by atoms with Crippen LogP contribution in [0.25, 0.3) is 0 Å². The molecular weight excluding hydrogens is 134 g/mol. The van der Waals surface area contributed by atoms with Gasteiger partial charge < -0.3 is 0 Å². The number of allylic oxidation sites excluding steroid dienone is 4. The van der Waals surface area contributed by atoms with Gasteiger partial charge in [0.2, 0.25) is 0 Å². The smallest absolute Gasteiger partial charge is 0.206 e. The summed E-state index contributed by atoms with van der Waals surface area (Å²) in [5.74, 6) is -3.22. The van der Waals surface area contributed by atoms with E-state index in [4.69, 9.17) is 0 Å². The quantitative estimate of drug-likeness (QED) is 0.559. The molecule has 0 fully saturated rings. The van der Waals surface area contributed by atoms with E-state index in [1.807, 2.05) is 0 Å². The van der Waals surface area contributed by atoms with E-state index in [0.717, 1.165) is 0 Å². The SMILES string of the molecule is CCC(F)(F)C1C=CC=C1. The molecule has 0 heterocycles. The van der Waals surface area contributed by atoms with E-state index >= 15 is 0 Å². The number of alkyl halides is 2. The summed E-state index contributed by atoms with van der Waals surface area (Å²) in [6.45, 7) is 1.50. The molecule has 0 radical (unpaired) electrons. The Morgan fingerprint density at radius 1 is 1.30 bits per heavy atom. The Kier molecular flexibility index (Phi) is 1.88. The molecule has 1 aliphatic carbocycles. The second kappa shape index (κ2) is 2.52. The maximum Gasteiger partial charge on any atom is 0.257 e. The molecule has 0 aromatic heterocycles. The summed E-state index contributed by atoms with van der Waals surface area (Å²) in [6.07, 6.45) is 6.29. The van der Waals surface area contributed by atoms with Gasteiger partial charge in [-0.3, -0.25) is 0 Å². The molecule has 0 unspecified atom stereocenters. The van der Waals surface area contributed by atoms with Gasteiger partial charge in [-0.05, 0) is 0 Å². The van der Waals surface area contributed by atoms with Crippen molar-refractivity contribution in [3.63, 3.8) is 0 Å². The summed E-state index contributed by atoms with van der Waals surface area (Å²) < 4.78 is 25.5. The summed E-state index contributed by atoms with van der Waals surface area (Å²) in [5.41, 5.74) is 0. The third-order valence-corrected chi connectivity index (χ3v) is 1.71. The lowest BCUT2D eigenvalue weighted by Crippen LogP contribution is -2.22. The molecule has 56 valence electrons. The van der Waals surface area contributed by atoms with Gasteiger partial charge in [-0.2, -0.15) is 0 Å². The highest BCUT2D eigenvalue weighted by molar-refractivity contribution is 5.20. The summed E-state index contributed by atoms with van der Waals surface area (Å²) in [7, 11) is 0. The van der Waals surface area contributed by atoms with Crippen LogP contribution in [-0.2, 0) is 0 Å². The minimum atomic E-state index is -2.55. The van der Waals surface area contributed by atoms with Crippen molar-refractivity contribution in [1.82, 2.24) is 0 Å². The largest absolute Gasteiger partial charge is 0.257 e. The first-order valence-electron chi connectivity index (χ1n) is 3.39. The molecule has 0 amide bonds. The monoisotopic (exact) mass is 144 g/mol. The van der Waals surface area contributed by atoms with E-state index in [-0.39, 0.29) is 6.42 Å². The van der Waals surface area contributed by atoms with Crippen LogP contribution in [0.5, 0.6) is 0 Å². The van der Waals surface area contributed by atoms with E-state index in [9.17, 15) is 8.78 Å². The van der Waals surface area contributed by atoms with Crippen LogP contribution in [0, 0.1) is 5.92 Å². The molecule has 0 N–H and O–H groups in total. The van der Waals surface area contributed by atoms with Crippen molar-refractivity contribution in [2.24, 2.45) is 5.92 Å². The second-order valence-corrected chi connectivity index (χ2v) is 2.41. The molecule has 0 aromatic carbocycles. The summed E-state index contributed by atoms with van der Waals surface area (Å²) in [5, 5.41) is 0. The molecule has 0 nitrogen and oxygen atoms in total. The van der Waals surface area contributed by atoms with Crippen molar-refractivity contribution in [1.29, 1.82) is 0 Å². The number of hydrogen-bond acceptors (Lipinski definition) is 0. The highest BCUT2D eigenvalue weighted by atomic mass is 19.3. The van der Waals surface area contributed by atoms with Crippen LogP contribution in [0.4, 0.5) is 8.78 Å². The standard InChI is InChI=1S/C8H10F2/c1-2-8(9,10)7-5-3-4-6-7/h3-7H,2H2,1H3. The fourth-order valence-electron chi connectivity index (χ4n) is 0.949. The van der Waals surface area contributed by atoms with Crippen LogP contribution < -0.4 is 0 Å². The summed E-state index contributed by atoms with van der Waals surface area (Å²) in [4.78, 5) is 0. The molecule has 0 atom stereocenters. The van der Waals surface area contributed by atoms with E-state index in [1.165, 1.54) is 19.1 Å². The molecule has 1 rings (SSSR count). The fourth-order valence-corrected chi connectivity index (χ4v) is 0.949. The highest BCUT2D eigenvalue weighted by Gasteiger charge is 2.34. The Balaban J connectivity index is 2.64. The van der Waals surface area contributed by atoms with Gasteiger partial charge in [0.1, 0.15) is 0 Å². The molecule has 10 heavy (non-hydrogen) atoms. The average Bonchev–Trinajstić information content (AvgIpc) is 2.38. The topological polar surface area (TPSA) is 0 Å². The van der Waals surface area contributed by atoms with Crippen LogP contribution >= 0.6 is 0 Å². The highest BCUT2D eigenvalue weighted by Crippen LogP contribution is 2.32. The normalized spacial score (nSPS) is 18.7. The Labute approximate surface area is 59.2 Å². The zero-order valence-electron chi connectivity index (χ0n) is 5.85. The second-order valence-electron chi connectivity index (χ2n) is 2.41. The van der Waals surface area contributed by atoms with Crippen LogP contribution in [0.15, 0.2) is 24.3 Å². The lowest BCUT2D eigenvalue weighted by atomic mass is 10.0. The summed E-state index contributed by atoms with van der Waals surface area (Å²) >= 11 is 0. The Bertz CT molecular complexity index is 156. The van der Waals surface area contributed by atoms with Gasteiger partial charge in [0.25, 0.3) is 5.92 Å². The van der Waals surface area contributed by atoms with E-state index < -0.39 is 11.8 Å². The van der Waals surface area contributed by atoms with Gasteiger partial charge in [-0.25, -0.2) is 8.78 Å². The Hall–Kier alpha value is -0.660. The maximum atomic E-state index is 12.8. The van der Waals surface area contributed by atoms with Gasteiger partial charge in [0.05, 0.1) is 5.92 Å². The van der Waals surface area contributed by atoms with Crippen molar-refractivity contribution in [2.45, 2.75) is 19.3 Å². The van der Waals surface area contributed by atoms with Crippen LogP contribution in [0.1, 0.15) is 13.3 Å². The van der Waals surface area contributed by atoms with Gasteiger partial charge >= 0.3 is 0 Å². The zero-order chi connectivity index (χ0) is 7.61. The van der Waals surface area contributed by atoms with Gasteiger partial charge in [-0.1, -0.05) is 31.2 Å². The van der Waals surface area contributed by atoms with E-state index in [2.05, 4.69) is 0 Å². The lowest BCUT2D eigenvalue weighted by molar-refractivity contribution is -0.0272. The Morgan fingerprint density at radius 2 is 1.80 bits per heavy atom. The third-order valence-electron chi connectivity index (χ3n) is 1.71. The minimum Gasteiger partial charge on any atom is -0.206 e. The lowest BCUT2D eigenvalue weighted by Gasteiger charge is -2.17. The average molecular weight is 144 g/mol. The van der Waals surface area contributed by atoms with E-state index in [0.29, 0.717) is 0 Å². The van der Waals surface area contributed by atoms with Gasteiger partial charge in [0, 0.05) is 6.42 Å². The molecule has 0 bridgehead atoms. The molecule has 2 heteroatoms. The molecule has 0 aliphatic heterocycles. The van der Waals surface area contributed by atoms with Crippen molar-refractivity contribution in [3.8, 4) is 0 Å². The molecule has 0 aromatic rings. The van der Waals surface area contributed by atoms with Crippen molar-refractivity contribution in [2.75, 3.05) is 0 Å². The van der Waals surface area contributed by atoms with Crippen LogP contribution in [0.3, 0.4) is 0 Å². The van der Waals surface area contributed by atoms with Crippen LogP contribution in [0.2, 0.25) is 0 Å². The number of rotatable bonds is 2. The molecule has 0 saturated carbocycles. The molecular formula is C8H10F2. The fraction of sp³-hybridized carbons (Fsp3) is 0.500. The van der Waals surface area contributed by atoms with Crippen molar-refractivity contribution >= 4 is 0 Å². The van der Waals surface area contributed by atoms with Gasteiger partial charge in [-0.15, -0.1) is 0 Å². The number of halogens is 2. The number of hydrogen-bond donors (Lipinski definition) is 0. The van der Waals surface area contributed by atoms with Crippen LogP contribution in [-0.4, -0.2) is 5.92 Å². The van der Waals surface area contributed by atoms with Crippen molar-refractivity contribution < 1.29 is 8.78 Å². The maximum absolute atomic E-state index is 12.8. The predicted octanol–water partition coefficient (Wildman–Crippen LogP) is 2.77. The zero-order valence-corrected chi connectivity index (χ0v) is 5.85. The summed E-state index contributed by atoms with van der Waals surface area (Å²) in [6, 6.07) is 0. The Morgan fingerprint density at radius 3 is 2.20 bits per heavy atom.